The highest BCUT2D eigenvalue weighted by Crippen LogP contribution is 2.01. The molecule has 0 atom stereocenters. The van der Waals surface area contributed by atoms with E-state index in [0.29, 0.717) is 6.54 Å². The Balaban J connectivity index is 3.37. The van der Waals surface area contributed by atoms with Crippen LogP contribution in [0.1, 0.15) is 51.9 Å². The minimum absolute atomic E-state index is 0.0424. The molecule has 0 bridgehead atoms. The number of amides is 2. The molecule has 0 aliphatic carbocycles. The van der Waals surface area contributed by atoms with Crippen LogP contribution in [0.3, 0.4) is 0 Å². The van der Waals surface area contributed by atoms with Gasteiger partial charge in [0.2, 0.25) is 11.8 Å². The fraction of sp³-hybridized carbons (Fsp3) is 0.714. The van der Waals surface area contributed by atoms with E-state index in [1.165, 1.54) is 19.3 Å². The van der Waals surface area contributed by atoms with Crippen molar-refractivity contribution in [3.05, 3.63) is 12.7 Å². The average Bonchev–Trinajstić information content (AvgIpc) is 2.38. The van der Waals surface area contributed by atoms with E-state index in [9.17, 15) is 9.59 Å². The minimum atomic E-state index is -0.104. The number of rotatable bonds is 11. The van der Waals surface area contributed by atoms with Crippen LogP contribution < -0.4 is 10.6 Å². The van der Waals surface area contributed by atoms with Crippen LogP contribution in [0, 0.1) is 0 Å². The van der Waals surface area contributed by atoms with Crippen LogP contribution in [-0.4, -0.2) is 24.9 Å². The second-order valence-corrected chi connectivity index (χ2v) is 4.36. The number of hydrogen-bond acceptors (Lipinski definition) is 2. The predicted octanol–water partition coefficient (Wildman–Crippen LogP) is 2.16. The number of carbonyl (C=O) groups is 2. The largest absolute Gasteiger partial charge is 0.356 e. The maximum absolute atomic E-state index is 11.4. The Kier molecular flexibility index (Phi) is 11.3. The van der Waals surface area contributed by atoms with Crippen molar-refractivity contribution in [3.8, 4) is 0 Å². The second-order valence-electron chi connectivity index (χ2n) is 4.36. The molecule has 2 amide bonds. The fourth-order valence-electron chi connectivity index (χ4n) is 1.55. The van der Waals surface area contributed by atoms with Gasteiger partial charge in [-0.3, -0.25) is 9.59 Å². The van der Waals surface area contributed by atoms with Gasteiger partial charge in [0.1, 0.15) is 0 Å². The quantitative estimate of drug-likeness (QED) is 0.438. The Morgan fingerprint density at radius 1 is 1.00 bits per heavy atom. The molecule has 0 aromatic carbocycles. The van der Waals surface area contributed by atoms with E-state index in [2.05, 4.69) is 24.1 Å². The van der Waals surface area contributed by atoms with Crippen molar-refractivity contribution in [1.82, 2.24) is 10.6 Å². The third-order valence-electron chi connectivity index (χ3n) is 2.63. The van der Waals surface area contributed by atoms with E-state index < -0.39 is 0 Å². The van der Waals surface area contributed by atoms with Crippen LogP contribution in [-0.2, 0) is 9.59 Å². The summed E-state index contributed by atoms with van der Waals surface area (Å²) in [4.78, 5) is 22.6. The maximum atomic E-state index is 11.4. The van der Waals surface area contributed by atoms with E-state index in [0.717, 1.165) is 19.4 Å². The standard InChI is InChI=1S/C14H26N2O2/c1-3-5-6-7-8-12-16-14(18)10-9-13(17)15-11-4-2/h4H,2-3,5-12H2,1H3,(H,15,17)(H,16,18). The Hall–Kier alpha value is -1.32. The van der Waals surface area contributed by atoms with E-state index in [1.807, 2.05) is 0 Å². The zero-order valence-electron chi connectivity index (χ0n) is 11.5. The van der Waals surface area contributed by atoms with Crippen LogP contribution in [0.4, 0.5) is 0 Å². The molecule has 0 heterocycles. The van der Waals surface area contributed by atoms with Crippen LogP contribution >= 0.6 is 0 Å². The van der Waals surface area contributed by atoms with Gasteiger partial charge in [-0.05, 0) is 6.42 Å². The fourth-order valence-corrected chi connectivity index (χ4v) is 1.55. The van der Waals surface area contributed by atoms with Gasteiger partial charge in [-0.2, -0.15) is 0 Å². The molecule has 0 aliphatic rings. The first-order chi connectivity index (χ1) is 8.70. The van der Waals surface area contributed by atoms with Gasteiger partial charge >= 0.3 is 0 Å². The van der Waals surface area contributed by atoms with Crippen molar-refractivity contribution >= 4 is 11.8 Å². The Labute approximate surface area is 110 Å². The molecular formula is C14H26N2O2. The third-order valence-corrected chi connectivity index (χ3v) is 2.63. The SMILES string of the molecule is C=CCNC(=O)CCC(=O)NCCCCCCC. The van der Waals surface area contributed by atoms with E-state index in [4.69, 9.17) is 0 Å². The molecule has 0 radical (unpaired) electrons. The average molecular weight is 254 g/mol. The lowest BCUT2D eigenvalue weighted by Gasteiger charge is -2.05. The first kappa shape index (κ1) is 16.7. The molecule has 0 saturated carbocycles. The molecule has 0 spiro atoms. The van der Waals surface area contributed by atoms with Crippen LogP contribution in [0.25, 0.3) is 0 Å². The van der Waals surface area contributed by atoms with Crippen molar-refractivity contribution in [1.29, 1.82) is 0 Å². The third kappa shape index (κ3) is 11.2. The zero-order chi connectivity index (χ0) is 13.6. The molecule has 0 aromatic heterocycles. The van der Waals surface area contributed by atoms with Gasteiger partial charge in [0.05, 0.1) is 0 Å². The predicted molar refractivity (Wildman–Crippen MR) is 74.2 cm³/mol. The van der Waals surface area contributed by atoms with Gasteiger partial charge in [-0.15, -0.1) is 6.58 Å². The van der Waals surface area contributed by atoms with Crippen LogP contribution in [0.15, 0.2) is 12.7 Å². The lowest BCUT2D eigenvalue weighted by atomic mass is 10.1. The minimum Gasteiger partial charge on any atom is -0.356 e. The smallest absolute Gasteiger partial charge is 0.220 e. The number of unbranched alkanes of at least 4 members (excludes halogenated alkanes) is 4. The molecule has 0 aliphatic heterocycles. The molecule has 0 rings (SSSR count). The first-order valence-corrected chi connectivity index (χ1v) is 6.85. The monoisotopic (exact) mass is 254 g/mol. The Bertz CT molecular complexity index is 252. The molecule has 4 nitrogen and oxygen atoms in total. The molecule has 0 fully saturated rings. The summed E-state index contributed by atoms with van der Waals surface area (Å²) in [6.45, 7) is 6.86. The Morgan fingerprint density at radius 2 is 1.61 bits per heavy atom. The molecule has 4 heteroatoms. The second kappa shape index (κ2) is 12.1. The van der Waals surface area contributed by atoms with Crippen LogP contribution in [0.5, 0.6) is 0 Å². The van der Waals surface area contributed by atoms with Gasteiger partial charge in [0.15, 0.2) is 0 Å². The molecule has 104 valence electrons. The zero-order valence-corrected chi connectivity index (χ0v) is 11.5. The van der Waals surface area contributed by atoms with Crippen molar-refractivity contribution in [3.63, 3.8) is 0 Å². The van der Waals surface area contributed by atoms with Crippen molar-refractivity contribution in [2.75, 3.05) is 13.1 Å². The Morgan fingerprint density at radius 3 is 2.22 bits per heavy atom. The summed E-state index contributed by atoms with van der Waals surface area (Å²) >= 11 is 0. The molecule has 18 heavy (non-hydrogen) atoms. The van der Waals surface area contributed by atoms with E-state index >= 15 is 0 Å². The van der Waals surface area contributed by atoms with Gasteiger partial charge in [-0.25, -0.2) is 0 Å². The number of nitrogens with one attached hydrogen (secondary N) is 2. The molecule has 0 unspecified atom stereocenters. The van der Waals surface area contributed by atoms with Gasteiger partial charge in [0, 0.05) is 25.9 Å². The summed E-state index contributed by atoms with van der Waals surface area (Å²) in [5.74, 6) is -0.146. The summed E-state index contributed by atoms with van der Waals surface area (Å²) < 4.78 is 0. The molecule has 0 aromatic rings. The molecular weight excluding hydrogens is 228 g/mol. The summed E-state index contributed by atoms with van der Waals surface area (Å²) in [7, 11) is 0. The topological polar surface area (TPSA) is 58.2 Å². The summed E-state index contributed by atoms with van der Waals surface area (Å²) in [5.41, 5.74) is 0. The first-order valence-electron chi connectivity index (χ1n) is 6.85. The lowest BCUT2D eigenvalue weighted by molar-refractivity contribution is -0.126. The van der Waals surface area contributed by atoms with Crippen LogP contribution in [0.2, 0.25) is 0 Å². The van der Waals surface area contributed by atoms with Crippen molar-refractivity contribution in [2.45, 2.75) is 51.9 Å². The summed E-state index contributed by atoms with van der Waals surface area (Å²) in [6.07, 6.45) is 8.03. The summed E-state index contributed by atoms with van der Waals surface area (Å²) in [6, 6.07) is 0. The van der Waals surface area contributed by atoms with Gasteiger partial charge < -0.3 is 10.6 Å². The molecule has 2 N–H and O–H groups in total. The van der Waals surface area contributed by atoms with E-state index in [1.54, 1.807) is 6.08 Å². The van der Waals surface area contributed by atoms with Gasteiger partial charge in [0.25, 0.3) is 0 Å². The highest BCUT2D eigenvalue weighted by Gasteiger charge is 2.05. The normalized spacial score (nSPS) is 9.83. The molecule has 0 saturated heterocycles. The van der Waals surface area contributed by atoms with E-state index in [-0.39, 0.29) is 24.7 Å². The van der Waals surface area contributed by atoms with Crippen molar-refractivity contribution < 1.29 is 9.59 Å². The van der Waals surface area contributed by atoms with Crippen molar-refractivity contribution in [2.24, 2.45) is 0 Å². The number of hydrogen-bond donors (Lipinski definition) is 2. The highest BCUT2D eigenvalue weighted by molar-refractivity contribution is 5.83. The van der Waals surface area contributed by atoms with Gasteiger partial charge in [-0.1, -0.05) is 38.7 Å². The number of carbonyl (C=O) groups excluding carboxylic acids is 2. The maximum Gasteiger partial charge on any atom is 0.220 e. The lowest BCUT2D eigenvalue weighted by Crippen LogP contribution is -2.28. The summed E-state index contributed by atoms with van der Waals surface area (Å²) in [5, 5.41) is 5.47. The highest BCUT2D eigenvalue weighted by atomic mass is 16.2.